The van der Waals surface area contributed by atoms with E-state index in [1.165, 1.54) is 10.7 Å². The van der Waals surface area contributed by atoms with Gasteiger partial charge in [0.1, 0.15) is 17.1 Å². The van der Waals surface area contributed by atoms with Crippen LogP contribution in [0.25, 0.3) is 38.4 Å². The number of imidazole rings is 2. The van der Waals surface area contributed by atoms with Gasteiger partial charge in [-0.2, -0.15) is 0 Å². The summed E-state index contributed by atoms with van der Waals surface area (Å²) < 4.78 is 8.30. The van der Waals surface area contributed by atoms with E-state index in [0.29, 0.717) is 35.3 Å². The number of carbonyl (C=O) groups excluding carboxylic acids is 1. The predicted molar refractivity (Wildman–Crippen MR) is 246 cm³/mol. The fourth-order valence-corrected chi connectivity index (χ4v) is 6.94. The molecule has 0 aliphatic rings. The van der Waals surface area contributed by atoms with Crippen molar-refractivity contribution in [3.63, 3.8) is 0 Å². The number of primary amides is 1. The highest BCUT2D eigenvalue weighted by Crippen LogP contribution is 2.31. The number of nitrogens with zero attached hydrogens (tertiary/aromatic N) is 8. The number of carbonyl (C=O) groups is 1. The number of fused-ring (bicyclic) bond motifs is 2. The van der Waals surface area contributed by atoms with Gasteiger partial charge in [-0.1, -0.05) is 109 Å². The van der Waals surface area contributed by atoms with Crippen LogP contribution in [0.2, 0.25) is 0 Å². The minimum absolute atomic E-state index is 0.225. The molecule has 4 aromatic heterocycles. The number of methoxy groups -OCH3 is 1. The van der Waals surface area contributed by atoms with Crippen LogP contribution in [0.4, 0.5) is 40.2 Å². The van der Waals surface area contributed by atoms with Gasteiger partial charge in [-0.05, 0) is 64.2 Å². The van der Waals surface area contributed by atoms with Crippen LogP contribution in [0.5, 0.6) is 5.75 Å². The maximum absolute atomic E-state index is 11.6. The third kappa shape index (κ3) is 8.82. The molecule has 0 saturated heterocycles. The fraction of sp³-hybridized carbons (Fsp3) is 0.0833. The second-order valence-electron chi connectivity index (χ2n) is 14.2. The Hall–Kier alpha value is -8.70. The molecular formula is C48H42N12O2. The van der Waals surface area contributed by atoms with Crippen molar-refractivity contribution in [3.8, 4) is 28.0 Å². The number of amides is 1. The van der Waals surface area contributed by atoms with Crippen molar-refractivity contribution in [3.05, 3.63) is 181 Å². The molecule has 0 fully saturated rings. The molecule has 9 rings (SSSR count). The van der Waals surface area contributed by atoms with Gasteiger partial charge in [0, 0.05) is 44.1 Å². The van der Waals surface area contributed by atoms with Gasteiger partial charge in [0.15, 0.2) is 17.3 Å². The first-order valence-electron chi connectivity index (χ1n) is 19.6. The number of aromatic nitrogens is 6. The molecule has 0 atom stereocenters. The van der Waals surface area contributed by atoms with E-state index in [0.717, 1.165) is 56.3 Å². The van der Waals surface area contributed by atoms with Crippen LogP contribution in [0, 0.1) is 6.57 Å². The van der Waals surface area contributed by atoms with E-state index < -0.39 is 5.91 Å². The first-order chi connectivity index (χ1) is 30.3. The molecule has 5 aromatic carbocycles. The third-order valence-corrected chi connectivity index (χ3v) is 10.0. The SMILES string of the molecule is CNc1cc(Nc2cccc(-c3ccccc3)c2)nn2c(C(N)=O)cnc12.[C-]#[N+]c1cnc2c(N(C)Cc3ccc(OC)cc3)cc(Nc3cccc(-c4ccccc4)c3)nn12. The quantitative estimate of drug-likeness (QED) is 0.0876. The summed E-state index contributed by atoms with van der Waals surface area (Å²) in [5, 5.41) is 18.9. The Morgan fingerprint density at radius 3 is 1.84 bits per heavy atom. The third-order valence-electron chi connectivity index (χ3n) is 10.0. The molecule has 1 amide bonds. The van der Waals surface area contributed by atoms with E-state index in [1.807, 2.05) is 110 Å². The van der Waals surface area contributed by atoms with E-state index in [-0.39, 0.29) is 5.69 Å². The minimum Gasteiger partial charge on any atom is -0.497 e. The van der Waals surface area contributed by atoms with E-state index >= 15 is 0 Å². The van der Waals surface area contributed by atoms with E-state index in [9.17, 15) is 4.79 Å². The molecular weight excluding hydrogens is 777 g/mol. The summed E-state index contributed by atoms with van der Waals surface area (Å²) in [7, 11) is 5.45. The number of benzene rings is 5. The van der Waals surface area contributed by atoms with Crippen molar-refractivity contribution in [2.45, 2.75) is 6.54 Å². The standard InChI is InChI=1S/C28H24N6O.C20H18N6O/c1-29-27-18-30-28-25(33(2)19-20-12-14-24(35-3)15-13-20)17-26(32-34(27)28)31-23-11-7-10-22(16-23)21-8-5-4-6-9-21;1-22-16-11-18(25-26-17(19(21)27)12-23-20(16)26)24-15-9-5-8-14(10-15)13-6-3-2-4-7-13/h4-18H,19H2,2-3H3,(H,31,32);2-12,22H,1H3,(H2,21,27)(H,24,25). The lowest BCUT2D eigenvalue weighted by molar-refractivity contribution is 0.0993. The first kappa shape index (κ1) is 40.1. The highest BCUT2D eigenvalue weighted by atomic mass is 16.5. The number of ether oxygens (including phenoxy) is 1. The van der Waals surface area contributed by atoms with Crippen molar-refractivity contribution in [2.75, 3.05) is 42.1 Å². The summed E-state index contributed by atoms with van der Waals surface area (Å²) in [5.41, 5.74) is 15.8. The molecule has 9 aromatic rings. The van der Waals surface area contributed by atoms with Crippen LogP contribution in [0.3, 0.4) is 0 Å². The minimum atomic E-state index is -0.583. The summed E-state index contributed by atoms with van der Waals surface area (Å²) in [4.78, 5) is 26.0. The average molecular weight is 819 g/mol. The number of nitrogens with one attached hydrogen (secondary N) is 3. The number of nitrogens with two attached hydrogens (primary N) is 1. The Kier molecular flexibility index (Phi) is 11.7. The molecule has 0 radical (unpaired) electrons. The number of rotatable bonds is 12. The van der Waals surface area contributed by atoms with Gasteiger partial charge in [-0.15, -0.1) is 9.61 Å². The van der Waals surface area contributed by atoms with Crippen LogP contribution in [0.15, 0.2) is 158 Å². The van der Waals surface area contributed by atoms with Crippen LogP contribution in [-0.4, -0.2) is 56.3 Å². The predicted octanol–water partition coefficient (Wildman–Crippen LogP) is 9.62. The lowest BCUT2D eigenvalue weighted by atomic mass is 10.1. The van der Waals surface area contributed by atoms with Crippen molar-refractivity contribution in [2.24, 2.45) is 5.73 Å². The van der Waals surface area contributed by atoms with Gasteiger partial charge in [-0.25, -0.2) is 14.5 Å². The smallest absolute Gasteiger partial charge is 0.275 e. The van der Waals surface area contributed by atoms with Crippen LogP contribution in [-0.2, 0) is 6.54 Å². The molecule has 62 heavy (non-hydrogen) atoms. The normalized spacial score (nSPS) is 10.7. The van der Waals surface area contributed by atoms with Gasteiger partial charge >= 0.3 is 0 Å². The highest BCUT2D eigenvalue weighted by molar-refractivity contribution is 5.92. The highest BCUT2D eigenvalue weighted by Gasteiger charge is 2.19. The van der Waals surface area contributed by atoms with Crippen LogP contribution >= 0.6 is 0 Å². The Morgan fingerprint density at radius 2 is 1.27 bits per heavy atom. The Bertz CT molecular complexity index is 3030. The van der Waals surface area contributed by atoms with Crippen LogP contribution < -0.4 is 31.3 Å². The average Bonchev–Trinajstić information content (AvgIpc) is 3.94. The number of anilines is 6. The van der Waals surface area contributed by atoms with Gasteiger partial charge in [0.2, 0.25) is 0 Å². The van der Waals surface area contributed by atoms with Crippen molar-refractivity contribution >= 4 is 57.4 Å². The van der Waals surface area contributed by atoms with Gasteiger partial charge < -0.3 is 36.2 Å². The molecule has 5 N–H and O–H groups in total. The van der Waals surface area contributed by atoms with Crippen molar-refractivity contribution < 1.29 is 9.53 Å². The molecule has 0 bridgehead atoms. The largest absolute Gasteiger partial charge is 0.497 e. The Balaban J connectivity index is 0.000000176. The summed E-state index contributed by atoms with van der Waals surface area (Å²) in [6.07, 6.45) is 2.98. The molecule has 0 aliphatic heterocycles. The molecule has 306 valence electrons. The summed E-state index contributed by atoms with van der Waals surface area (Å²) in [6.45, 7) is 8.19. The Labute approximate surface area is 358 Å². The second kappa shape index (κ2) is 18.1. The molecule has 0 saturated carbocycles. The molecule has 4 heterocycles. The van der Waals surface area contributed by atoms with Gasteiger partial charge in [0.05, 0.1) is 25.2 Å². The first-order valence-corrected chi connectivity index (χ1v) is 19.6. The number of hydrogen-bond donors (Lipinski definition) is 4. The maximum Gasteiger partial charge on any atom is 0.275 e. The van der Waals surface area contributed by atoms with E-state index in [4.69, 9.17) is 17.0 Å². The topological polar surface area (TPSA) is 156 Å². The lowest BCUT2D eigenvalue weighted by Gasteiger charge is -2.20. The number of hydrogen-bond acceptors (Lipinski definition) is 10. The van der Waals surface area contributed by atoms with Crippen molar-refractivity contribution in [1.29, 1.82) is 0 Å². The summed E-state index contributed by atoms with van der Waals surface area (Å²) >= 11 is 0. The zero-order valence-corrected chi connectivity index (χ0v) is 34.2. The molecule has 14 heteroatoms. The molecule has 14 nitrogen and oxygen atoms in total. The zero-order valence-electron chi connectivity index (χ0n) is 34.2. The molecule has 0 spiro atoms. The van der Waals surface area contributed by atoms with Gasteiger partial charge in [-0.3, -0.25) is 4.79 Å². The molecule has 0 unspecified atom stereocenters. The van der Waals surface area contributed by atoms with E-state index in [1.54, 1.807) is 24.9 Å². The van der Waals surface area contributed by atoms with Crippen LogP contribution in [0.1, 0.15) is 16.1 Å². The lowest BCUT2D eigenvalue weighted by Crippen LogP contribution is -2.18. The van der Waals surface area contributed by atoms with Gasteiger partial charge in [0.25, 0.3) is 17.4 Å². The fourth-order valence-electron chi connectivity index (χ4n) is 6.94. The molecule has 0 aliphatic carbocycles. The summed E-state index contributed by atoms with van der Waals surface area (Å²) in [6, 6.07) is 48.4. The summed E-state index contributed by atoms with van der Waals surface area (Å²) in [5.74, 6) is 1.79. The zero-order chi connectivity index (χ0) is 43.0. The van der Waals surface area contributed by atoms with Crippen molar-refractivity contribution in [1.82, 2.24) is 29.2 Å². The second-order valence-corrected chi connectivity index (χ2v) is 14.2. The Morgan fingerprint density at radius 1 is 0.710 bits per heavy atom. The maximum atomic E-state index is 11.6. The van der Waals surface area contributed by atoms with E-state index in [2.05, 4.69) is 88.3 Å². The monoisotopic (exact) mass is 818 g/mol.